The lowest BCUT2D eigenvalue weighted by atomic mass is 9.96. The van der Waals surface area contributed by atoms with Crippen molar-refractivity contribution in [3.8, 4) is 11.1 Å². The number of aromatic nitrogens is 1. The fourth-order valence-corrected chi connectivity index (χ4v) is 3.91. The van der Waals surface area contributed by atoms with Crippen LogP contribution in [0, 0.1) is 6.92 Å². The van der Waals surface area contributed by atoms with Crippen molar-refractivity contribution < 1.29 is 14.3 Å². The van der Waals surface area contributed by atoms with Crippen molar-refractivity contribution in [3.63, 3.8) is 0 Å². The molecule has 1 N–H and O–H groups in total. The minimum absolute atomic E-state index is 0.0862. The van der Waals surface area contributed by atoms with Gasteiger partial charge < -0.3 is 10.1 Å². The lowest BCUT2D eigenvalue weighted by Crippen LogP contribution is -2.25. The number of carbonyl (C=O) groups is 2. The van der Waals surface area contributed by atoms with E-state index in [2.05, 4.69) is 5.32 Å². The zero-order valence-electron chi connectivity index (χ0n) is 17.3. The highest BCUT2D eigenvalue weighted by molar-refractivity contribution is 5.91. The van der Waals surface area contributed by atoms with Crippen molar-refractivity contribution >= 4 is 23.1 Å². The minimum Gasteiger partial charge on any atom is -0.462 e. The number of amides is 1. The van der Waals surface area contributed by atoms with Crippen LogP contribution in [0.5, 0.6) is 0 Å². The van der Waals surface area contributed by atoms with Crippen LogP contribution in [0.4, 0.5) is 5.69 Å². The summed E-state index contributed by atoms with van der Waals surface area (Å²) in [4.78, 5) is 36.6. The zero-order chi connectivity index (χ0) is 21.4. The maximum absolute atomic E-state index is 13.0. The Balaban J connectivity index is 1.87. The van der Waals surface area contributed by atoms with Gasteiger partial charge in [0.05, 0.1) is 12.1 Å². The topological polar surface area (TPSA) is 76.9 Å². The zero-order valence-corrected chi connectivity index (χ0v) is 17.3. The van der Waals surface area contributed by atoms with Crippen LogP contribution in [0.15, 0.2) is 47.4 Å². The number of carbonyl (C=O) groups excluding carboxylic acids is 2. The second kappa shape index (κ2) is 7.78. The first-order valence-corrected chi connectivity index (χ1v) is 10.1. The predicted octanol–water partition coefficient (Wildman–Crippen LogP) is 4.29. The van der Waals surface area contributed by atoms with E-state index >= 15 is 0 Å². The van der Waals surface area contributed by atoms with Gasteiger partial charge in [-0.05, 0) is 79.1 Å². The van der Waals surface area contributed by atoms with Crippen LogP contribution < -0.4 is 10.9 Å². The molecule has 1 aliphatic rings. The van der Waals surface area contributed by atoms with Crippen molar-refractivity contribution in [1.29, 1.82) is 0 Å². The molecule has 3 aromatic rings. The molecule has 2 heterocycles. The third-order valence-corrected chi connectivity index (χ3v) is 5.44. The number of nitrogens with one attached hydrogen (secondary N) is 1. The van der Waals surface area contributed by atoms with E-state index in [1.165, 1.54) is 6.92 Å². The average molecular weight is 404 g/mol. The molecule has 0 unspecified atom stereocenters. The first kappa shape index (κ1) is 19.9. The van der Waals surface area contributed by atoms with Crippen LogP contribution in [0.1, 0.15) is 54.1 Å². The number of rotatable bonds is 5. The van der Waals surface area contributed by atoms with E-state index < -0.39 is 5.97 Å². The monoisotopic (exact) mass is 404 g/mol. The van der Waals surface area contributed by atoms with Gasteiger partial charge in [-0.15, -0.1) is 0 Å². The van der Waals surface area contributed by atoms with E-state index in [0.29, 0.717) is 5.92 Å². The first-order chi connectivity index (χ1) is 14.4. The number of aryl methyl sites for hydroxylation is 1. The molecular weight excluding hydrogens is 380 g/mol. The molecule has 0 bridgehead atoms. The summed E-state index contributed by atoms with van der Waals surface area (Å²) in [7, 11) is 0. The normalized spacial score (nSPS) is 13.3. The van der Waals surface area contributed by atoms with Crippen molar-refractivity contribution in [3.05, 3.63) is 69.6 Å². The Kier molecular flexibility index (Phi) is 5.16. The molecule has 1 fully saturated rings. The number of anilines is 1. The van der Waals surface area contributed by atoms with Gasteiger partial charge in [0.1, 0.15) is 5.56 Å². The Morgan fingerprint density at radius 3 is 2.47 bits per heavy atom. The smallest absolute Gasteiger partial charge is 0.343 e. The van der Waals surface area contributed by atoms with Gasteiger partial charge in [0.25, 0.3) is 5.56 Å². The lowest BCUT2D eigenvalue weighted by molar-refractivity contribution is -0.114. The first-order valence-electron chi connectivity index (χ1n) is 10.1. The Morgan fingerprint density at radius 1 is 1.17 bits per heavy atom. The van der Waals surface area contributed by atoms with Crippen molar-refractivity contribution in [2.24, 2.45) is 0 Å². The molecule has 1 aromatic carbocycles. The number of esters is 1. The Bertz CT molecular complexity index is 1200. The van der Waals surface area contributed by atoms with Gasteiger partial charge in [-0.2, -0.15) is 0 Å². The van der Waals surface area contributed by atoms with Crippen LogP contribution in [0.25, 0.3) is 16.6 Å². The Labute approximate surface area is 174 Å². The molecule has 2 aromatic heterocycles. The quantitative estimate of drug-likeness (QED) is 0.644. The van der Waals surface area contributed by atoms with Crippen LogP contribution in [-0.2, 0) is 9.53 Å². The second-order valence-electron chi connectivity index (χ2n) is 7.64. The summed E-state index contributed by atoms with van der Waals surface area (Å²) in [5.74, 6) is -0.338. The number of ether oxygens (including phenoxy) is 1. The number of pyridine rings is 2. The van der Waals surface area contributed by atoms with Gasteiger partial charge in [0, 0.05) is 18.8 Å². The molecule has 1 saturated carbocycles. The standard InChI is InChI=1S/C24H24N2O4/c1-4-30-24(29)21-13-20(17-5-6-17)22-14(2)19(11-12-26(22)23(21)28)16-7-9-18(10-8-16)25-15(3)27/h7-13,17H,4-6H2,1-3H3,(H,25,27). The van der Waals surface area contributed by atoms with E-state index in [1.54, 1.807) is 23.6 Å². The number of nitrogens with zero attached hydrogens (tertiary/aromatic N) is 1. The van der Waals surface area contributed by atoms with Gasteiger partial charge >= 0.3 is 5.97 Å². The number of benzene rings is 1. The number of hydrogen-bond donors (Lipinski definition) is 1. The molecule has 0 aliphatic heterocycles. The molecule has 6 nitrogen and oxygen atoms in total. The second-order valence-corrected chi connectivity index (χ2v) is 7.64. The third-order valence-electron chi connectivity index (χ3n) is 5.44. The molecular formula is C24H24N2O4. The summed E-state index contributed by atoms with van der Waals surface area (Å²) >= 11 is 0. The summed E-state index contributed by atoms with van der Waals surface area (Å²) < 4.78 is 6.67. The van der Waals surface area contributed by atoms with E-state index in [1.807, 2.05) is 37.3 Å². The highest BCUT2D eigenvalue weighted by Gasteiger charge is 2.29. The van der Waals surface area contributed by atoms with Crippen molar-refractivity contribution in [1.82, 2.24) is 4.40 Å². The van der Waals surface area contributed by atoms with Gasteiger partial charge in [-0.1, -0.05) is 12.1 Å². The predicted molar refractivity (Wildman–Crippen MR) is 116 cm³/mol. The highest BCUT2D eigenvalue weighted by Crippen LogP contribution is 2.43. The van der Waals surface area contributed by atoms with E-state index in [-0.39, 0.29) is 23.6 Å². The summed E-state index contributed by atoms with van der Waals surface area (Å²) in [6, 6.07) is 11.2. The SMILES string of the molecule is CCOC(=O)c1cc(C2CC2)c2c(C)c(-c3ccc(NC(C)=O)cc3)ccn2c1=O. The van der Waals surface area contributed by atoms with E-state index in [0.717, 1.165) is 46.3 Å². The summed E-state index contributed by atoms with van der Waals surface area (Å²) in [6.07, 6.45) is 3.83. The Hall–Kier alpha value is -3.41. The molecule has 0 saturated heterocycles. The molecule has 0 radical (unpaired) electrons. The molecule has 6 heteroatoms. The fraction of sp³-hybridized carbons (Fsp3) is 0.292. The number of hydrogen-bond acceptors (Lipinski definition) is 4. The molecule has 1 amide bonds. The van der Waals surface area contributed by atoms with Crippen molar-refractivity contribution in [2.45, 2.75) is 39.5 Å². The summed E-state index contributed by atoms with van der Waals surface area (Å²) in [5.41, 5.74) is 5.33. The van der Waals surface area contributed by atoms with E-state index in [9.17, 15) is 14.4 Å². The minimum atomic E-state index is -0.575. The maximum atomic E-state index is 13.0. The summed E-state index contributed by atoms with van der Waals surface area (Å²) in [5, 5.41) is 2.77. The maximum Gasteiger partial charge on any atom is 0.343 e. The van der Waals surface area contributed by atoms with E-state index in [4.69, 9.17) is 4.74 Å². The molecule has 30 heavy (non-hydrogen) atoms. The van der Waals surface area contributed by atoms with Crippen LogP contribution in [0.3, 0.4) is 0 Å². The van der Waals surface area contributed by atoms with Gasteiger partial charge in [-0.3, -0.25) is 14.0 Å². The molecule has 154 valence electrons. The Morgan fingerprint density at radius 2 is 1.87 bits per heavy atom. The van der Waals surface area contributed by atoms with Crippen LogP contribution >= 0.6 is 0 Å². The number of fused-ring (bicyclic) bond motifs is 1. The van der Waals surface area contributed by atoms with Crippen molar-refractivity contribution in [2.75, 3.05) is 11.9 Å². The van der Waals surface area contributed by atoms with Crippen LogP contribution in [-0.4, -0.2) is 22.9 Å². The highest BCUT2D eigenvalue weighted by atomic mass is 16.5. The average Bonchev–Trinajstić information content (AvgIpc) is 3.54. The third kappa shape index (κ3) is 3.61. The molecule has 0 spiro atoms. The lowest BCUT2D eigenvalue weighted by Gasteiger charge is -2.16. The molecule has 0 atom stereocenters. The van der Waals surface area contributed by atoms with Gasteiger partial charge in [0.2, 0.25) is 5.91 Å². The fourth-order valence-electron chi connectivity index (χ4n) is 3.91. The molecule has 1 aliphatic carbocycles. The van der Waals surface area contributed by atoms with Crippen LogP contribution in [0.2, 0.25) is 0 Å². The molecule has 4 rings (SSSR count). The van der Waals surface area contributed by atoms with Gasteiger partial charge in [0.15, 0.2) is 0 Å². The van der Waals surface area contributed by atoms with Gasteiger partial charge in [-0.25, -0.2) is 4.79 Å². The summed E-state index contributed by atoms with van der Waals surface area (Å²) in [6.45, 7) is 5.43. The largest absolute Gasteiger partial charge is 0.462 e.